The van der Waals surface area contributed by atoms with E-state index in [2.05, 4.69) is 0 Å². The molecular weight excluding hydrogens is 241 g/mol. The van der Waals surface area contributed by atoms with Crippen molar-refractivity contribution in [1.29, 1.82) is 0 Å². The van der Waals surface area contributed by atoms with Gasteiger partial charge in [-0.25, -0.2) is 0 Å². The molecule has 0 aliphatic heterocycles. The molecule has 4 heteroatoms. The first-order chi connectivity index (χ1) is 8.10. The second-order valence-corrected chi connectivity index (χ2v) is 4.98. The molecule has 0 aliphatic rings. The summed E-state index contributed by atoms with van der Waals surface area (Å²) < 4.78 is 37.7. The average molecular weight is 260 g/mol. The summed E-state index contributed by atoms with van der Waals surface area (Å²) in [6.45, 7) is 7.08. The highest BCUT2D eigenvalue weighted by atomic mass is 19.4. The maximum absolute atomic E-state index is 12.6. The maximum Gasteiger partial charge on any atom is 0.416 e. The first kappa shape index (κ1) is 15.0. The lowest BCUT2D eigenvalue weighted by atomic mass is 9.80. The van der Waals surface area contributed by atoms with E-state index in [9.17, 15) is 18.3 Å². The zero-order valence-electron chi connectivity index (χ0n) is 11.1. The van der Waals surface area contributed by atoms with Gasteiger partial charge in [0.15, 0.2) is 0 Å². The van der Waals surface area contributed by atoms with E-state index in [1.807, 2.05) is 13.8 Å². The average Bonchev–Trinajstić information content (AvgIpc) is 2.26. The van der Waals surface area contributed by atoms with Gasteiger partial charge in [0.2, 0.25) is 0 Å². The van der Waals surface area contributed by atoms with E-state index in [1.165, 1.54) is 6.07 Å². The third kappa shape index (κ3) is 2.86. The summed E-state index contributed by atoms with van der Waals surface area (Å²) in [6.07, 6.45) is -3.58. The van der Waals surface area contributed by atoms with Crippen molar-refractivity contribution in [3.05, 3.63) is 34.9 Å². The van der Waals surface area contributed by atoms with E-state index in [0.717, 1.165) is 18.6 Å². The van der Waals surface area contributed by atoms with E-state index in [0.29, 0.717) is 11.1 Å². The summed E-state index contributed by atoms with van der Waals surface area (Å²) >= 11 is 0. The molecule has 0 aliphatic carbocycles. The van der Waals surface area contributed by atoms with Gasteiger partial charge in [0.05, 0.1) is 11.2 Å². The summed E-state index contributed by atoms with van der Waals surface area (Å²) in [5.41, 5.74) is -0.758. The predicted molar refractivity (Wildman–Crippen MR) is 65.2 cm³/mol. The van der Waals surface area contributed by atoms with Crippen LogP contribution in [0.5, 0.6) is 0 Å². The zero-order chi connectivity index (χ0) is 14.1. The Morgan fingerprint density at radius 1 is 1.28 bits per heavy atom. The summed E-state index contributed by atoms with van der Waals surface area (Å²) in [5.74, 6) is -0.0204. The van der Waals surface area contributed by atoms with Crippen LogP contribution in [0.25, 0.3) is 0 Å². The quantitative estimate of drug-likeness (QED) is 0.860. The maximum atomic E-state index is 12.6. The number of rotatable bonds is 3. The van der Waals surface area contributed by atoms with Crippen LogP contribution in [0, 0.1) is 12.8 Å². The molecule has 0 radical (unpaired) electrons. The molecule has 102 valence electrons. The van der Waals surface area contributed by atoms with Crippen LogP contribution < -0.4 is 0 Å². The number of aryl methyl sites for hydroxylation is 1. The lowest BCUT2D eigenvalue weighted by Gasteiger charge is -2.32. The predicted octanol–water partition coefficient (Wildman–Crippen LogP) is 4.27. The van der Waals surface area contributed by atoms with Crippen molar-refractivity contribution in [2.24, 2.45) is 5.92 Å². The Morgan fingerprint density at radius 2 is 1.83 bits per heavy atom. The van der Waals surface area contributed by atoms with Gasteiger partial charge in [-0.2, -0.15) is 13.2 Å². The Kier molecular flexibility index (Phi) is 4.11. The molecule has 0 fully saturated rings. The lowest BCUT2D eigenvalue weighted by Crippen LogP contribution is -2.30. The highest BCUT2D eigenvalue weighted by Crippen LogP contribution is 2.36. The molecule has 18 heavy (non-hydrogen) atoms. The SMILES string of the molecule is CCC(C)C(C)(O)c1ccc(C(F)(F)F)cc1C. The van der Waals surface area contributed by atoms with E-state index in [1.54, 1.807) is 13.8 Å². The van der Waals surface area contributed by atoms with Crippen LogP contribution in [0.3, 0.4) is 0 Å². The normalized spacial score (nSPS) is 17.3. The third-order valence-electron chi connectivity index (χ3n) is 3.67. The topological polar surface area (TPSA) is 20.2 Å². The molecule has 1 aromatic carbocycles. The highest BCUT2D eigenvalue weighted by molar-refractivity contribution is 5.36. The Bertz CT molecular complexity index is 422. The van der Waals surface area contributed by atoms with Gasteiger partial charge >= 0.3 is 6.18 Å². The molecule has 1 aromatic rings. The van der Waals surface area contributed by atoms with Crippen molar-refractivity contribution in [3.8, 4) is 0 Å². The van der Waals surface area contributed by atoms with Crippen molar-refractivity contribution in [2.45, 2.75) is 45.9 Å². The summed E-state index contributed by atoms with van der Waals surface area (Å²) in [7, 11) is 0. The fourth-order valence-corrected chi connectivity index (χ4v) is 2.07. The van der Waals surface area contributed by atoms with Crippen LogP contribution in [-0.4, -0.2) is 5.11 Å². The number of halogens is 3. The summed E-state index contributed by atoms with van der Waals surface area (Å²) in [5, 5.41) is 10.4. The first-order valence-electron chi connectivity index (χ1n) is 6.01. The molecular formula is C14H19F3O. The lowest BCUT2D eigenvalue weighted by molar-refractivity contribution is -0.137. The highest BCUT2D eigenvalue weighted by Gasteiger charge is 2.34. The Hall–Kier alpha value is -1.03. The van der Waals surface area contributed by atoms with Crippen LogP contribution in [0.4, 0.5) is 13.2 Å². The summed E-state index contributed by atoms with van der Waals surface area (Å²) in [6, 6.07) is 3.50. The molecule has 0 spiro atoms. The molecule has 2 unspecified atom stereocenters. The molecule has 1 nitrogen and oxygen atoms in total. The second kappa shape index (κ2) is 4.92. The molecule has 0 saturated heterocycles. The van der Waals surface area contributed by atoms with Crippen molar-refractivity contribution in [3.63, 3.8) is 0 Å². The van der Waals surface area contributed by atoms with Crippen molar-refractivity contribution >= 4 is 0 Å². The number of alkyl halides is 3. The van der Waals surface area contributed by atoms with Gasteiger partial charge < -0.3 is 5.11 Å². The van der Waals surface area contributed by atoms with Gasteiger partial charge in [-0.15, -0.1) is 0 Å². The largest absolute Gasteiger partial charge is 0.416 e. The van der Waals surface area contributed by atoms with Gasteiger partial charge in [-0.05, 0) is 43.0 Å². The smallest absolute Gasteiger partial charge is 0.385 e. The molecule has 0 heterocycles. The zero-order valence-corrected chi connectivity index (χ0v) is 11.1. The number of hydrogen-bond acceptors (Lipinski definition) is 1. The molecule has 0 aromatic heterocycles. The van der Waals surface area contributed by atoms with E-state index in [4.69, 9.17) is 0 Å². The van der Waals surface area contributed by atoms with E-state index in [-0.39, 0.29) is 5.92 Å². The number of benzene rings is 1. The fourth-order valence-electron chi connectivity index (χ4n) is 2.07. The van der Waals surface area contributed by atoms with Crippen LogP contribution in [0.2, 0.25) is 0 Å². The van der Waals surface area contributed by atoms with Crippen molar-refractivity contribution in [1.82, 2.24) is 0 Å². The van der Waals surface area contributed by atoms with E-state index < -0.39 is 17.3 Å². The second-order valence-electron chi connectivity index (χ2n) is 4.98. The molecule has 0 saturated carbocycles. The van der Waals surface area contributed by atoms with Crippen LogP contribution >= 0.6 is 0 Å². The van der Waals surface area contributed by atoms with Crippen LogP contribution in [0.1, 0.15) is 43.9 Å². The monoisotopic (exact) mass is 260 g/mol. The Morgan fingerprint density at radius 3 is 2.22 bits per heavy atom. The summed E-state index contributed by atoms with van der Waals surface area (Å²) in [4.78, 5) is 0. The standard InChI is InChI=1S/C14H19F3O/c1-5-10(3)13(4,18)12-7-6-11(8-9(12)2)14(15,16)17/h6-8,10,18H,5H2,1-4H3. The molecule has 2 atom stereocenters. The first-order valence-corrected chi connectivity index (χ1v) is 6.01. The number of aliphatic hydroxyl groups is 1. The Labute approximate surface area is 106 Å². The fraction of sp³-hybridized carbons (Fsp3) is 0.571. The van der Waals surface area contributed by atoms with Gasteiger partial charge in [-0.3, -0.25) is 0 Å². The Balaban J connectivity index is 3.22. The third-order valence-corrected chi connectivity index (χ3v) is 3.67. The van der Waals surface area contributed by atoms with Crippen molar-refractivity contribution in [2.75, 3.05) is 0 Å². The van der Waals surface area contributed by atoms with Crippen LogP contribution in [0.15, 0.2) is 18.2 Å². The van der Waals surface area contributed by atoms with Gasteiger partial charge in [0, 0.05) is 0 Å². The van der Waals surface area contributed by atoms with Gasteiger partial charge in [0.1, 0.15) is 0 Å². The molecule has 1 rings (SSSR count). The van der Waals surface area contributed by atoms with E-state index >= 15 is 0 Å². The van der Waals surface area contributed by atoms with Crippen LogP contribution in [-0.2, 0) is 11.8 Å². The molecule has 1 N–H and O–H groups in total. The van der Waals surface area contributed by atoms with Gasteiger partial charge in [0.25, 0.3) is 0 Å². The minimum atomic E-state index is -4.34. The van der Waals surface area contributed by atoms with Crippen molar-refractivity contribution < 1.29 is 18.3 Å². The number of hydrogen-bond donors (Lipinski definition) is 1. The minimum Gasteiger partial charge on any atom is -0.385 e. The molecule has 0 amide bonds. The van der Waals surface area contributed by atoms with Gasteiger partial charge in [-0.1, -0.05) is 26.3 Å². The molecule has 0 bridgehead atoms. The minimum absolute atomic E-state index is 0.0204.